The van der Waals surface area contributed by atoms with E-state index in [0.29, 0.717) is 24.2 Å². The molecule has 1 fully saturated rings. The summed E-state index contributed by atoms with van der Waals surface area (Å²) in [5, 5.41) is 6.44. The third-order valence-electron chi connectivity index (χ3n) is 6.77. The van der Waals surface area contributed by atoms with Crippen LogP contribution in [0.2, 0.25) is 0 Å². The summed E-state index contributed by atoms with van der Waals surface area (Å²) < 4.78 is 5.29. The molecule has 1 aromatic heterocycles. The maximum atomic E-state index is 13.3. The van der Waals surface area contributed by atoms with Gasteiger partial charge in [0.25, 0.3) is 11.8 Å². The van der Waals surface area contributed by atoms with E-state index >= 15 is 0 Å². The fourth-order valence-electron chi connectivity index (χ4n) is 5.09. The van der Waals surface area contributed by atoms with Gasteiger partial charge in [-0.2, -0.15) is 0 Å². The molecule has 7 heteroatoms. The van der Waals surface area contributed by atoms with E-state index in [1.54, 1.807) is 13.3 Å². The highest BCUT2D eigenvalue weighted by molar-refractivity contribution is 6.36. The Morgan fingerprint density at radius 2 is 1.80 bits per heavy atom. The summed E-state index contributed by atoms with van der Waals surface area (Å²) in [7, 11) is 1.64. The monoisotopic (exact) mass is 470 g/mol. The van der Waals surface area contributed by atoms with E-state index in [-0.39, 0.29) is 23.9 Å². The zero-order chi connectivity index (χ0) is 24.7. The van der Waals surface area contributed by atoms with Crippen molar-refractivity contribution in [1.82, 2.24) is 15.2 Å². The lowest BCUT2D eigenvalue weighted by Crippen LogP contribution is -2.55. The number of nitrogens with one attached hydrogen (secondary N) is 3. The molecule has 3 aromatic rings. The molecule has 3 N–H and O–H groups in total. The maximum Gasteiger partial charge on any atom is 0.256 e. The van der Waals surface area contributed by atoms with E-state index in [4.69, 9.17) is 4.74 Å². The number of hydrogen-bond acceptors (Lipinski definition) is 4. The first-order valence-electron chi connectivity index (χ1n) is 11.9. The van der Waals surface area contributed by atoms with Crippen LogP contribution >= 0.6 is 0 Å². The van der Waals surface area contributed by atoms with Crippen LogP contribution < -0.4 is 15.4 Å². The first kappa shape index (κ1) is 22.9. The van der Waals surface area contributed by atoms with Crippen molar-refractivity contribution < 1.29 is 14.3 Å². The van der Waals surface area contributed by atoms with Gasteiger partial charge in [-0.25, -0.2) is 0 Å². The number of carbonyl (C=O) groups excluding carboxylic acids is 2. The summed E-state index contributed by atoms with van der Waals surface area (Å²) in [6.07, 6.45) is 3.61. The first-order chi connectivity index (χ1) is 16.9. The molecule has 2 aliphatic rings. The number of aromatic nitrogens is 1. The summed E-state index contributed by atoms with van der Waals surface area (Å²) in [6.45, 7) is 7.45. The fraction of sp³-hybridized carbons (Fsp3) is 0.286. The van der Waals surface area contributed by atoms with E-state index in [1.807, 2.05) is 60.4 Å². The van der Waals surface area contributed by atoms with E-state index in [1.165, 1.54) is 0 Å². The van der Waals surface area contributed by atoms with Crippen molar-refractivity contribution in [2.45, 2.75) is 32.9 Å². The van der Waals surface area contributed by atoms with E-state index < -0.39 is 0 Å². The number of ether oxygens (including phenoxy) is 1. The van der Waals surface area contributed by atoms with E-state index in [9.17, 15) is 9.59 Å². The van der Waals surface area contributed by atoms with Gasteiger partial charge in [0.2, 0.25) is 0 Å². The molecule has 5 rings (SSSR count). The van der Waals surface area contributed by atoms with Crippen molar-refractivity contribution >= 4 is 29.2 Å². The Bertz CT molecular complexity index is 1310. The Morgan fingerprint density at radius 3 is 2.49 bits per heavy atom. The number of aromatic amines is 1. The number of amides is 2. The highest BCUT2D eigenvalue weighted by Gasteiger charge is 2.30. The smallest absolute Gasteiger partial charge is 0.256 e. The van der Waals surface area contributed by atoms with Gasteiger partial charge in [-0.05, 0) is 61.7 Å². The van der Waals surface area contributed by atoms with Crippen LogP contribution in [0.15, 0.2) is 48.7 Å². The number of anilines is 1. The molecule has 2 atom stereocenters. The number of carbonyl (C=O) groups is 2. The highest BCUT2D eigenvalue weighted by Crippen LogP contribution is 2.41. The number of rotatable bonds is 4. The molecule has 0 saturated carbocycles. The quantitative estimate of drug-likeness (QED) is 0.496. The van der Waals surface area contributed by atoms with Gasteiger partial charge in [0.1, 0.15) is 5.75 Å². The lowest BCUT2D eigenvalue weighted by Gasteiger charge is -2.36. The largest absolute Gasteiger partial charge is 0.497 e. The van der Waals surface area contributed by atoms with Gasteiger partial charge < -0.3 is 25.3 Å². The number of H-pyrrole nitrogens is 1. The minimum absolute atomic E-state index is 0.0128. The lowest BCUT2D eigenvalue weighted by atomic mass is 9.94. The molecule has 1 saturated heterocycles. The second kappa shape index (κ2) is 9.07. The second-order valence-electron chi connectivity index (χ2n) is 9.39. The van der Waals surface area contributed by atoms with Gasteiger partial charge in [0.05, 0.1) is 18.2 Å². The molecular formula is C28H30N4O3. The summed E-state index contributed by atoms with van der Waals surface area (Å²) >= 11 is 0. The molecule has 0 aliphatic carbocycles. The van der Waals surface area contributed by atoms with Crippen molar-refractivity contribution in [2.75, 3.05) is 25.5 Å². The van der Waals surface area contributed by atoms with Crippen LogP contribution in [0.4, 0.5) is 5.69 Å². The number of benzene rings is 2. The maximum absolute atomic E-state index is 13.3. The van der Waals surface area contributed by atoms with E-state index in [0.717, 1.165) is 39.4 Å². The predicted octanol–water partition coefficient (Wildman–Crippen LogP) is 4.31. The molecule has 7 nitrogen and oxygen atoms in total. The fourth-order valence-corrected chi connectivity index (χ4v) is 5.09. The number of hydrogen-bond donors (Lipinski definition) is 3. The van der Waals surface area contributed by atoms with Gasteiger partial charge in [-0.15, -0.1) is 0 Å². The summed E-state index contributed by atoms with van der Waals surface area (Å²) in [6, 6.07) is 14.1. The van der Waals surface area contributed by atoms with Gasteiger partial charge in [0.15, 0.2) is 0 Å². The molecule has 35 heavy (non-hydrogen) atoms. The predicted molar refractivity (Wildman–Crippen MR) is 138 cm³/mol. The van der Waals surface area contributed by atoms with E-state index in [2.05, 4.69) is 29.5 Å². The van der Waals surface area contributed by atoms with Crippen molar-refractivity contribution in [3.63, 3.8) is 0 Å². The topological polar surface area (TPSA) is 86.5 Å². The Hall–Kier alpha value is -3.84. The average Bonchev–Trinajstić information content (AvgIpc) is 3.37. The standard InChI is InChI=1S/C28H30N4O3/c1-16-14-32(15-17(2)30-16)28(34)23-13-29-25(18(23)3)12-22-26-21(6-5-7-24(26)31-27(22)33)19-8-10-20(35-4)11-9-19/h5-13,16-17,29-30H,14-15H2,1-4H3,(H,31,33). The molecule has 0 radical (unpaired) electrons. The average molecular weight is 471 g/mol. The summed E-state index contributed by atoms with van der Waals surface area (Å²) in [4.78, 5) is 31.4. The number of methoxy groups -OCH3 is 1. The van der Waals surface area contributed by atoms with Crippen molar-refractivity contribution in [3.8, 4) is 16.9 Å². The molecule has 3 heterocycles. The molecule has 2 unspecified atom stereocenters. The first-order valence-corrected chi connectivity index (χ1v) is 11.9. The normalized spacial score (nSPS) is 20.6. The number of piperazine rings is 1. The Morgan fingerprint density at radius 1 is 1.09 bits per heavy atom. The molecule has 0 spiro atoms. The Kier molecular flexibility index (Phi) is 5.94. The number of nitrogens with zero attached hydrogens (tertiary/aromatic N) is 1. The molecule has 180 valence electrons. The zero-order valence-corrected chi connectivity index (χ0v) is 20.4. The Balaban J connectivity index is 1.51. The van der Waals surface area contributed by atoms with Crippen LogP contribution in [0, 0.1) is 6.92 Å². The SMILES string of the molecule is COc1ccc(-c2cccc3c2C(=Cc2[nH]cc(C(=O)N4CC(C)NC(C)C4)c2C)C(=O)N3)cc1. The van der Waals surface area contributed by atoms with Crippen molar-refractivity contribution in [2.24, 2.45) is 0 Å². The van der Waals surface area contributed by atoms with Crippen LogP contribution in [0.5, 0.6) is 5.75 Å². The third-order valence-corrected chi connectivity index (χ3v) is 6.77. The number of fused-ring (bicyclic) bond motifs is 1. The third kappa shape index (κ3) is 4.23. The van der Waals surface area contributed by atoms with Crippen LogP contribution in [0.3, 0.4) is 0 Å². The van der Waals surface area contributed by atoms with Crippen LogP contribution in [0.1, 0.15) is 41.0 Å². The lowest BCUT2D eigenvalue weighted by molar-refractivity contribution is -0.110. The highest BCUT2D eigenvalue weighted by atomic mass is 16.5. The summed E-state index contributed by atoms with van der Waals surface area (Å²) in [5.74, 6) is 0.630. The van der Waals surface area contributed by atoms with Gasteiger partial charge in [-0.3, -0.25) is 9.59 Å². The van der Waals surface area contributed by atoms with Crippen LogP contribution in [0.25, 0.3) is 22.8 Å². The minimum Gasteiger partial charge on any atom is -0.497 e. The summed E-state index contributed by atoms with van der Waals surface area (Å²) in [5.41, 5.74) is 6.38. The minimum atomic E-state index is -0.160. The molecule has 2 amide bonds. The van der Waals surface area contributed by atoms with Crippen LogP contribution in [-0.4, -0.2) is 54.0 Å². The molecule has 2 aromatic carbocycles. The molecule has 0 bridgehead atoms. The molecular weight excluding hydrogens is 440 g/mol. The van der Waals surface area contributed by atoms with Crippen molar-refractivity contribution in [1.29, 1.82) is 0 Å². The zero-order valence-electron chi connectivity index (χ0n) is 20.4. The van der Waals surface area contributed by atoms with Crippen molar-refractivity contribution in [3.05, 3.63) is 71.0 Å². The molecule has 2 aliphatic heterocycles. The van der Waals surface area contributed by atoms with Gasteiger partial charge in [0, 0.05) is 48.3 Å². The Labute approximate surface area is 205 Å². The van der Waals surface area contributed by atoms with Gasteiger partial charge in [-0.1, -0.05) is 24.3 Å². The van der Waals surface area contributed by atoms with Gasteiger partial charge >= 0.3 is 0 Å². The second-order valence-corrected chi connectivity index (χ2v) is 9.39. The van der Waals surface area contributed by atoms with Crippen LogP contribution in [-0.2, 0) is 4.79 Å².